The highest BCUT2D eigenvalue weighted by molar-refractivity contribution is 5.68. The zero-order valence-electron chi connectivity index (χ0n) is 6.88. The van der Waals surface area contributed by atoms with E-state index in [1.165, 1.54) is 12.8 Å². The molecule has 0 aromatic carbocycles. The molecule has 2 aliphatic rings. The van der Waals surface area contributed by atoms with Crippen molar-refractivity contribution in [1.82, 2.24) is 5.32 Å². The molecule has 1 saturated heterocycles. The Morgan fingerprint density at radius 2 is 2.42 bits per heavy atom. The first-order valence-corrected chi connectivity index (χ1v) is 4.27. The molecule has 0 aromatic heterocycles. The van der Waals surface area contributed by atoms with Crippen LogP contribution in [0.3, 0.4) is 0 Å². The van der Waals surface area contributed by atoms with Crippen LogP contribution in [0.5, 0.6) is 0 Å². The fourth-order valence-corrected chi connectivity index (χ4v) is 1.85. The summed E-state index contributed by atoms with van der Waals surface area (Å²) in [5.41, 5.74) is 0.301. The van der Waals surface area contributed by atoms with Gasteiger partial charge >= 0.3 is 5.97 Å². The summed E-state index contributed by atoms with van der Waals surface area (Å²) < 4.78 is 5.28. The van der Waals surface area contributed by atoms with Crippen LogP contribution in [-0.2, 0) is 9.53 Å². The van der Waals surface area contributed by atoms with E-state index in [1.807, 2.05) is 0 Å². The van der Waals surface area contributed by atoms with Gasteiger partial charge in [0, 0.05) is 18.5 Å². The average Bonchev–Trinajstić information content (AvgIpc) is 2.62. The van der Waals surface area contributed by atoms with E-state index in [1.54, 1.807) is 0 Å². The fourth-order valence-electron chi connectivity index (χ4n) is 1.85. The molecule has 4 nitrogen and oxygen atoms in total. The van der Waals surface area contributed by atoms with Crippen LogP contribution in [0, 0.1) is 5.41 Å². The zero-order valence-corrected chi connectivity index (χ0v) is 6.88. The molecule has 4 heteroatoms. The van der Waals surface area contributed by atoms with Crippen LogP contribution >= 0.6 is 0 Å². The monoisotopic (exact) mass is 171 g/mol. The first-order valence-electron chi connectivity index (χ1n) is 4.27. The van der Waals surface area contributed by atoms with E-state index in [0.717, 1.165) is 13.1 Å². The van der Waals surface area contributed by atoms with Crippen LogP contribution in [0.4, 0.5) is 0 Å². The second-order valence-electron chi connectivity index (χ2n) is 3.69. The summed E-state index contributed by atoms with van der Waals surface area (Å²) in [5.74, 6) is -0.877. The van der Waals surface area contributed by atoms with Crippen LogP contribution in [0.15, 0.2) is 0 Å². The molecule has 2 N–H and O–H groups in total. The Morgan fingerprint density at radius 3 is 3.00 bits per heavy atom. The van der Waals surface area contributed by atoms with Gasteiger partial charge in [0.05, 0.1) is 6.10 Å². The highest BCUT2D eigenvalue weighted by Gasteiger charge is 2.53. The van der Waals surface area contributed by atoms with E-state index in [4.69, 9.17) is 9.84 Å². The lowest BCUT2D eigenvalue weighted by atomic mass is 10.0. The van der Waals surface area contributed by atoms with Gasteiger partial charge in [-0.3, -0.25) is 0 Å². The van der Waals surface area contributed by atoms with Crippen molar-refractivity contribution in [2.45, 2.75) is 18.9 Å². The van der Waals surface area contributed by atoms with Crippen molar-refractivity contribution in [3.63, 3.8) is 0 Å². The topological polar surface area (TPSA) is 58.6 Å². The summed E-state index contributed by atoms with van der Waals surface area (Å²) in [5, 5.41) is 11.6. The summed E-state index contributed by atoms with van der Waals surface area (Å²) >= 11 is 0. The van der Waals surface area contributed by atoms with Crippen molar-refractivity contribution >= 4 is 5.97 Å². The summed E-state index contributed by atoms with van der Waals surface area (Å²) in [7, 11) is 0. The first-order chi connectivity index (χ1) is 5.73. The number of carboxylic acid groups (broad SMARTS) is 1. The van der Waals surface area contributed by atoms with E-state index in [9.17, 15) is 4.79 Å². The van der Waals surface area contributed by atoms with E-state index >= 15 is 0 Å². The molecule has 2 fully saturated rings. The molecule has 1 atom stereocenters. The minimum Gasteiger partial charge on any atom is -0.480 e. The summed E-state index contributed by atoms with van der Waals surface area (Å²) in [6.45, 7) is 1.65. The number of carbonyl (C=O) groups is 1. The minimum atomic E-state index is -0.877. The summed E-state index contributed by atoms with van der Waals surface area (Å²) in [6.07, 6.45) is 2.50. The van der Waals surface area contributed by atoms with Gasteiger partial charge in [-0.15, -0.1) is 0 Å². The predicted octanol–water partition coefficient (Wildman–Crippen LogP) is -0.160. The van der Waals surface area contributed by atoms with Gasteiger partial charge in [-0.05, 0) is 12.8 Å². The number of rotatable bonds is 3. The number of aliphatic carboxylic acids is 1. The zero-order chi connectivity index (χ0) is 8.60. The Bertz CT molecular complexity index is 200. The molecule has 0 bridgehead atoms. The molecule has 0 amide bonds. The molecule has 0 radical (unpaired) electrons. The maximum Gasteiger partial charge on any atom is 0.329 e. The van der Waals surface area contributed by atoms with Crippen molar-refractivity contribution in [3.05, 3.63) is 0 Å². The Morgan fingerprint density at radius 1 is 1.67 bits per heavy atom. The fraction of sp³-hybridized carbons (Fsp3) is 0.875. The SMILES string of the molecule is O=C(O)COC1CNCC12CC2. The Kier molecular flexibility index (Phi) is 1.81. The average molecular weight is 171 g/mol. The molecule has 1 unspecified atom stereocenters. The van der Waals surface area contributed by atoms with Gasteiger partial charge < -0.3 is 15.2 Å². The van der Waals surface area contributed by atoms with E-state index in [0.29, 0.717) is 5.41 Å². The Balaban J connectivity index is 1.83. The van der Waals surface area contributed by atoms with E-state index in [2.05, 4.69) is 5.32 Å². The van der Waals surface area contributed by atoms with Crippen molar-refractivity contribution in [2.24, 2.45) is 5.41 Å². The lowest BCUT2D eigenvalue weighted by Crippen LogP contribution is -2.26. The molecule has 2 rings (SSSR count). The molecule has 68 valence electrons. The third kappa shape index (κ3) is 1.32. The largest absolute Gasteiger partial charge is 0.480 e. The molecule has 0 aromatic rings. The van der Waals surface area contributed by atoms with E-state index < -0.39 is 5.97 Å². The molecule has 1 spiro atoms. The molecular formula is C8H13NO3. The van der Waals surface area contributed by atoms with Gasteiger partial charge in [0.15, 0.2) is 0 Å². The lowest BCUT2D eigenvalue weighted by molar-refractivity contribution is -0.145. The highest BCUT2D eigenvalue weighted by Crippen LogP contribution is 2.51. The van der Waals surface area contributed by atoms with Crippen LogP contribution < -0.4 is 5.32 Å². The Labute approximate surface area is 70.9 Å². The normalized spacial score (nSPS) is 30.8. The third-order valence-electron chi connectivity index (χ3n) is 2.79. The molecule has 1 saturated carbocycles. The van der Waals surface area contributed by atoms with E-state index in [-0.39, 0.29) is 12.7 Å². The number of carboxylic acids is 1. The van der Waals surface area contributed by atoms with Crippen molar-refractivity contribution < 1.29 is 14.6 Å². The summed E-state index contributed by atoms with van der Waals surface area (Å²) in [6, 6.07) is 0. The molecular weight excluding hydrogens is 158 g/mol. The number of nitrogens with one attached hydrogen (secondary N) is 1. The quantitative estimate of drug-likeness (QED) is 0.619. The predicted molar refractivity (Wildman–Crippen MR) is 41.9 cm³/mol. The second kappa shape index (κ2) is 2.71. The van der Waals surface area contributed by atoms with Crippen LogP contribution in [0.25, 0.3) is 0 Å². The smallest absolute Gasteiger partial charge is 0.329 e. The minimum absolute atomic E-state index is 0.133. The van der Waals surface area contributed by atoms with Crippen LogP contribution in [0.1, 0.15) is 12.8 Å². The Hall–Kier alpha value is -0.610. The van der Waals surface area contributed by atoms with Crippen molar-refractivity contribution in [2.75, 3.05) is 19.7 Å². The van der Waals surface area contributed by atoms with Crippen molar-refractivity contribution in [1.29, 1.82) is 0 Å². The number of ether oxygens (including phenoxy) is 1. The van der Waals surface area contributed by atoms with Gasteiger partial charge in [-0.2, -0.15) is 0 Å². The standard InChI is InChI=1S/C8H13NO3/c10-7(11)4-12-6-3-9-5-8(6)1-2-8/h6,9H,1-5H2,(H,10,11). The van der Waals surface area contributed by atoms with Crippen molar-refractivity contribution in [3.8, 4) is 0 Å². The first kappa shape index (κ1) is 8.01. The molecule has 1 aliphatic carbocycles. The molecule has 1 heterocycles. The lowest BCUT2D eigenvalue weighted by Gasteiger charge is -2.16. The van der Waals surface area contributed by atoms with Gasteiger partial charge in [0.25, 0.3) is 0 Å². The molecule has 12 heavy (non-hydrogen) atoms. The maximum absolute atomic E-state index is 10.2. The highest BCUT2D eigenvalue weighted by atomic mass is 16.5. The van der Waals surface area contributed by atoms with Gasteiger partial charge in [0.1, 0.15) is 6.61 Å². The summed E-state index contributed by atoms with van der Waals surface area (Å²) in [4.78, 5) is 10.2. The third-order valence-corrected chi connectivity index (χ3v) is 2.79. The second-order valence-corrected chi connectivity index (χ2v) is 3.69. The molecule has 1 aliphatic heterocycles. The van der Waals surface area contributed by atoms with Crippen LogP contribution in [-0.4, -0.2) is 36.9 Å². The van der Waals surface area contributed by atoms with Crippen LogP contribution in [0.2, 0.25) is 0 Å². The van der Waals surface area contributed by atoms with Gasteiger partial charge in [0.2, 0.25) is 0 Å². The number of hydrogen-bond acceptors (Lipinski definition) is 3. The van der Waals surface area contributed by atoms with Gasteiger partial charge in [-0.1, -0.05) is 0 Å². The maximum atomic E-state index is 10.2. The number of hydrogen-bond donors (Lipinski definition) is 2. The van der Waals surface area contributed by atoms with Gasteiger partial charge in [-0.25, -0.2) is 4.79 Å².